The van der Waals surface area contributed by atoms with Gasteiger partial charge in [-0.2, -0.15) is 11.8 Å². The monoisotopic (exact) mass is 233 g/mol. The first-order valence-corrected chi connectivity index (χ1v) is 6.62. The number of hydrogen-bond acceptors (Lipinski definition) is 5. The summed E-state index contributed by atoms with van der Waals surface area (Å²) < 4.78 is 10.3. The van der Waals surface area contributed by atoms with Gasteiger partial charge >= 0.3 is 5.97 Å². The number of rotatable bonds is 6. The van der Waals surface area contributed by atoms with Gasteiger partial charge in [0.05, 0.1) is 13.2 Å². The molecule has 0 aromatic rings. The molecule has 0 aromatic heterocycles. The third-order valence-corrected chi connectivity index (χ3v) is 3.06. The van der Waals surface area contributed by atoms with Gasteiger partial charge in [0.1, 0.15) is 6.04 Å². The molecule has 0 amide bonds. The lowest BCUT2D eigenvalue weighted by Crippen LogP contribution is -2.34. The fourth-order valence-electron chi connectivity index (χ4n) is 1.38. The van der Waals surface area contributed by atoms with E-state index < -0.39 is 6.04 Å². The largest absolute Gasteiger partial charge is 0.464 e. The zero-order valence-electron chi connectivity index (χ0n) is 9.11. The number of thioether (sulfide) groups is 1. The van der Waals surface area contributed by atoms with Gasteiger partial charge in [0.15, 0.2) is 0 Å². The van der Waals surface area contributed by atoms with Crippen LogP contribution in [0.2, 0.25) is 0 Å². The minimum Gasteiger partial charge on any atom is -0.464 e. The Balaban J connectivity index is 2.11. The molecule has 2 atom stereocenters. The molecule has 0 radical (unpaired) electrons. The Bertz CT molecular complexity index is 195. The first kappa shape index (κ1) is 12.8. The molecule has 1 unspecified atom stereocenters. The Morgan fingerprint density at radius 1 is 1.73 bits per heavy atom. The molecule has 1 heterocycles. The summed E-state index contributed by atoms with van der Waals surface area (Å²) in [7, 11) is 0. The molecule has 1 aliphatic heterocycles. The predicted molar refractivity (Wildman–Crippen MR) is 60.9 cm³/mol. The average Bonchev–Trinajstić information content (AvgIpc) is 2.75. The van der Waals surface area contributed by atoms with Crippen LogP contribution < -0.4 is 5.73 Å². The maximum absolute atomic E-state index is 11.4. The Morgan fingerprint density at radius 3 is 3.13 bits per heavy atom. The Morgan fingerprint density at radius 2 is 2.53 bits per heavy atom. The molecule has 0 spiro atoms. The summed E-state index contributed by atoms with van der Waals surface area (Å²) >= 11 is 1.68. The van der Waals surface area contributed by atoms with Gasteiger partial charge in [0, 0.05) is 12.5 Å². The van der Waals surface area contributed by atoms with E-state index in [0.29, 0.717) is 25.6 Å². The smallest absolute Gasteiger partial charge is 0.322 e. The van der Waals surface area contributed by atoms with Crippen LogP contribution in [0.5, 0.6) is 0 Å². The van der Waals surface area contributed by atoms with Gasteiger partial charge in [-0.25, -0.2) is 0 Å². The third-order valence-electron chi connectivity index (χ3n) is 2.42. The van der Waals surface area contributed by atoms with Crippen molar-refractivity contribution in [2.24, 2.45) is 11.7 Å². The molecule has 1 fully saturated rings. The van der Waals surface area contributed by atoms with Crippen molar-refractivity contribution in [2.75, 3.05) is 31.8 Å². The van der Waals surface area contributed by atoms with E-state index in [2.05, 4.69) is 0 Å². The molecular formula is C10H19NO3S. The van der Waals surface area contributed by atoms with Gasteiger partial charge in [-0.15, -0.1) is 0 Å². The van der Waals surface area contributed by atoms with Crippen LogP contribution in [-0.2, 0) is 14.3 Å². The minimum absolute atomic E-state index is 0.282. The molecule has 1 saturated heterocycles. The van der Waals surface area contributed by atoms with Crippen molar-refractivity contribution >= 4 is 17.7 Å². The predicted octanol–water partition coefficient (Wildman–Crippen LogP) is 0.646. The second-order valence-electron chi connectivity index (χ2n) is 3.75. The van der Waals surface area contributed by atoms with Crippen molar-refractivity contribution < 1.29 is 14.3 Å². The fourth-order valence-corrected chi connectivity index (χ4v) is 1.87. The molecule has 15 heavy (non-hydrogen) atoms. The number of hydrogen-bond donors (Lipinski definition) is 1. The second-order valence-corrected chi connectivity index (χ2v) is 4.73. The maximum atomic E-state index is 11.4. The van der Waals surface area contributed by atoms with Crippen LogP contribution in [0.3, 0.4) is 0 Å². The molecule has 88 valence electrons. The van der Waals surface area contributed by atoms with E-state index in [1.165, 1.54) is 0 Å². The van der Waals surface area contributed by atoms with E-state index in [0.717, 1.165) is 18.8 Å². The van der Waals surface area contributed by atoms with E-state index in [9.17, 15) is 4.79 Å². The Kier molecular flexibility index (Phi) is 6.05. The quantitative estimate of drug-likeness (QED) is 0.682. The second kappa shape index (κ2) is 7.09. The molecule has 1 aliphatic rings. The summed E-state index contributed by atoms with van der Waals surface area (Å²) in [5.74, 6) is 0.973. The van der Waals surface area contributed by atoms with Gasteiger partial charge in [0.2, 0.25) is 0 Å². The van der Waals surface area contributed by atoms with Crippen molar-refractivity contribution in [3.8, 4) is 0 Å². The van der Waals surface area contributed by atoms with E-state index in [1.54, 1.807) is 11.8 Å². The molecule has 2 N–H and O–H groups in total. The van der Waals surface area contributed by atoms with Crippen LogP contribution in [0.15, 0.2) is 0 Å². The highest BCUT2D eigenvalue weighted by Crippen LogP contribution is 2.12. The summed E-state index contributed by atoms with van der Waals surface area (Å²) in [6.45, 7) is 1.93. The molecule has 0 bridgehead atoms. The summed E-state index contributed by atoms with van der Waals surface area (Å²) in [6, 6.07) is -0.472. The van der Waals surface area contributed by atoms with Crippen molar-refractivity contribution in [3.05, 3.63) is 0 Å². The average molecular weight is 233 g/mol. The molecule has 5 heteroatoms. The Labute approximate surface area is 94.9 Å². The standard InChI is InChI=1S/C10H19NO3S/c1-15-5-3-9(11)10(12)14-7-8-2-4-13-6-8/h8-9H,2-7,11H2,1H3/t8?,9-/m0/s1. The minimum atomic E-state index is -0.472. The van der Waals surface area contributed by atoms with Gasteiger partial charge in [-0.3, -0.25) is 4.79 Å². The third kappa shape index (κ3) is 4.86. The van der Waals surface area contributed by atoms with Gasteiger partial charge < -0.3 is 15.2 Å². The molecule has 4 nitrogen and oxygen atoms in total. The van der Waals surface area contributed by atoms with Crippen molar-refractivity contribution in [2.45, 2.75) is 18.9 Å². The van der Waals surface area contributed by atoms with Crippen LogP contribution in [0.1, 0.15) is 12.8 Å². The number of nitrogens with two attached hydrogens (primary N) is 1. The van der Waals surface area contributed by atoms with Gasteiger partial charge in [-0.05, 0) is 24.9 Å². The van der Waals surface area contributed by atoms with E-state index in [1.807, 2.05) is 6.26 Å². The number of ether oxygens (including phenoxy) is 2. The first-order valence-electron chi connectivity index (χ1n) is 5.23. The van der Waals surface area contributed by atoms with Crippen molar-refractivity contribution in [3.63, 3.8) is 0 Å². The summed E-state index contributed by atoms with van der Waals surface area (Å²) in [5, 5.41) is 0. The molecule has 1 rings (SSSR count). The SMILES string of the molecule is CSCC[C@H](N)C(=O)OCC1CCOC1. The molecular weight excluding hydrogens is 214 g/mol. The molecule has 0 aliphatic carbocycles. The fraction of sp³-hybridized carbons (Fsp3) is 0.900. The number of carbonyl (C=O) groups is 1. The number of esters is 1. The summed E-state index contributed by atoms with van der Waals surface area (Å²) in [4.78, 5) is 11.4. The lowest BCUT2D eigenvalue weighted by Gasteiger charge is -2.13. The van der Waals surface area contributed by atoms with Crippen LogP contribution in [0, 0.1) is 5.92 Å². The molecule has 0 aromatic carbocycles. The Hall–Kier alpha value is -0.260. The van der Waals surface area contributed by atoms with Crippen molar-refractivity contribution in [1.82, 2.24) is 0 Å². The highest BCUT2D eigenvalue weighted by molar-refractivity contribution is 7.98. The van der Waals surface area contributed by atoms with Crippen LogP contribution in [0.4, 0.5) is 0 Å². The summed E-state index contributed by atoms with van der Waals surface area (Å²) in [6.07, 6.45) is 3.66. The van der Waals surface area contributed by atoms with Crippen molar-refractivity contribution in [1.29, 1.82) is 0 Å². The van der Waals surface area contributed by atoms with Crippen LogP contribution in [-0.4, -0.2) is 43.8 Å². The zero-order valence-corrected chi connectivity index (χ0v) is 9.92. The van der Waals surface area contributed by atoms with Crippen LogP contribution in [0.25, 0.3) is 0 Å². The first-order chi connectivity index (χ1) is 7.24. The van der Waals surface area contributed by atoms with E-state index >= 15 is 0 Å². The topological polar surface area (TPSA) is 61.6 Å². The van der Waals surface area contributed by atoms with Gasteiger partial charge in [0.25, 0.3) is 0 Å². The lowest BCUT2D eigenvalue weighted by atomic mass is 10.1. The maximum Gasteiger partial charge on any atom is 0.322 e. The highest BCUT2D eigenvalue weighted by Gasteiger charge is 2.20. The number of carbonyl (C=O) groups excluding carboxylic acids is 1. The highest BCUT2D eigenvalue weighted by atomic mass is 32.2. The normalized spacial score (nSPS) is 22.7. The van der Waals surface area contributed by atoms with Gasteiger partial charge in [-0.1, -0.05) is 0 Å². The zero-order chi connectivity index (χ0) is 11.1. The van der Waals surface area contributed by atoms with E-state index in [-0.39, 0.29) is 5.97 Å². The van der Waals surface area contributed by atoms with E-state index in [4.69, 9.17) is 15.2 Å². The summed E-state index contributed by atoms with van der Waals surface area (Å²) in [5.41, 5.74) is 5.67. The lowest BCUT2D eigenvalue weighted by molar-refractivity contribution is -0.146. The molecule has 0 saturated carbocycles. The van der Waals surface area contributed by atoms with Crippen LogP contribution >= 0.6 is 11.8 Å².